The van der Waals surface area contributed by atoms with Gasteiger partial charge in [-0.05, 0) is 44.7 Å². The third kappa shape index (κ3) is 5.37. The Morgan fingerprint density at radius 2 is 1.74 bits per heavy atom. The lowest BCUT2D eigenvalue weighted by Gasteiger charge is -2.30. The molecule has 2 fully saturated rings. The summed E-state index contributed by atoms with van der Waals surface area (Å²) in [6.45, 7) is 1.99. The number of aromatic nitrogens is 2. The molecule has 2 aromatic rings. The van der Waals surface area contributed by atoms with E-state index in [1.54, 1.807) is 0 Å². The summed E-state index contributed by atoms with van der Waals surface area (Å²) in [6, 6.07) is 5.25. The van der Waals surface area contributed by atoms with Gasteiger partial charge < -0.3 is 27.2 Å². The van der Waals surface area contributed by atoms with Crippen molar-refractivity contribution in [2.75, 3.05) is 5.32 Å². The number of fused-ring (bicyclic) bond motifs is 1. The van der Waals surface area contributed by atoms with Gasteiger partial charge in [-0.1, -0.05) is 37.3 Å². The number of rotatable bonds is 6. The van der Waals surface area contributed by atoms with E-state index < -0.39 is 23.8 Å². The van der Waals surface area contributed by atoms with Crippen LogP contribution in [0, 0.1) is 12.8 Å². The minimum absolute atomic E-state index is 0.0164. The summed E-state index contributed by atoms with van der Waals surface area (Å²) in [5.41, 5.74) is 13.0. The number of aliphatic carboxylic acids is 1. The summed E-state index contributed by atoms with van der Waals surface area (Å²) in [4.78, 5) is 38.3. The number of nitrogens with one attached hydrogen (secondary N) is 2. The first-order valence-electron chi connectivity index (χ1n) is 12.0. The second-order valence-electron chi connectivity index (χ2n) is 9.38. The number of guanidine groups is 1. The molecule has 0 bridgehead atoms. The molecule has 182 valence electrons. The molecule has 0 radical (unpaired) electrons. The highest BCUT2D eigenvalue weighted by atomic mass is 16.4. The van der Waals surface area contributed by atoms with Crippen molar-refractivity contribution >= 4 is 34.6 Å². The lowest BCUT2D eigenvalue weighted by molar-refractivity contribution is -0.143. The molecule has 1 amide bonds. The van der Waals surface area contributed by atoms with Crippen LogP contribution in [0.15, 0.2) is 23.2 Å². The van der Waals surface area contributed by atoms with E-state index in [9.17, 15) is 14.7 Å². The third-order valence-corrected chi connectivity index (χ3v) is 6.82. The molecule has 1 aromatic carbocycles. The highest BCUT2D eigenvalue weighted by Crippen LogP contribution is 2.29. The SMILES string of the molecule is Cc1ccc2nc(C(=O)N[C@@H]3CCCC[C@H]3C(=O)O)nc(NC3CCCCC3N=C(N)N)c2c1. The van der Waals surface area contributed by atoms with Gasteiger partial charge in [0.25, 0.3) is 5.91 Å². The van der Waals surface area contributed by atoms with Crippen LogP contribution in [0.4, 0.5) is 5.82 Å². The van der Waals surface area contributed by atoms with Crippen molar-refractivity contribution in [1.29, 1.82) is 0 Å². The zero-order chi connectivity index (χ0) is 24.2. The molecule has 4 atom stereocenters. The lowest BCUT2D eigenvalue weighted by Crippen LogP contribution is -2.45. The molecule has 10 nitrogen and oxygen atoms in total. The van der Waals surface area contributed by atoms with Gasteiger partial charge in [0.2, 0.25) is 5.82 Å². The number of carbonyl (C=O) groups is 2. The van der Waals surface area contributed by atoms with Crippen molar-refractivity contribution < 1.29 is 14.7 Å². The van der Waals surface area contributed by atoms with Crippen molar-refractivity contribution in [3.8, 4) is 0 Å². The number of hydrogen-bond donors (Lipinski definition) is 5. The predicted octanol–water partition coefficient (Wildman–Crippen LogP) is 2.31. The largest absolute Gasteiger partial charge is 0.481 e. The Labute approximate surface area is 198 Å². The van der Waals surface area contributed by atoms with Crippen molar-refractivity contribution in [2.24, 2.45) is 22.4 Å². The molecule has 10 heteroatoms. The molecule has 2 aliphatic carbocycles. The van der Waals surface area contributed by atoms with E-state index in [0.717, 1.165) is 49.5 Å². The average molecular weight is 468 g/mol. The number of nitrogens with two attached hydrogens (primary N) is 2. The van der Waals surface area contributed by atoms with E-state index in [0.29, 0.717) is 24.2 Å². The van der Waals surface area contributed by atoms with Crippen LogP contribution in [0.2, 0.25) is 0 Å². The summed E-state index contributed by atoms with van der Waals surface area (Å²) < 4.78 is 0. The van der Waals surface area contributed by atoms with Gasteiger partial charge in [0.05, 0.1) is 23.5 Å². The van der Waals surface area contributed by atoms with Crippen LogP contribution in [-0.2, 0) is 4.79 Å². The second kappa shape index (κ2) is 10.2. The smallest absolute Gasteiger partial charge is 0.308 e. The first kappa shape index (κ1) is 23.7. The van der Waals surface area contributed by atoms with Gasteiger partial charge in [0.1, 0.15) is 5.82 Å². The van der Waals surface area contributed by atoms with Crippen LogP contribution in [0.1, 0.15) is 67.5 Å². The number of carboxylic acids is 1. The molecule has 2 saturated carbocycles. The monoisotopic (exact) mass is 467 g/mol. The Kier molecular flexibility index (Phi) is 7.14. The minimum Gasteiger partial charge on any atom is -0.481 e. The zero-order valence-corrected chi connectivity index (χ0v) is 19.5. The van der Waals surface area contributed by atoms with Gasteiger partial charge >= 0.3 is 5.97 Å². The molecule has 0 aliphatic heterocycles. The Balaban J connectivity index is 1.65. The molecule has 0 saturated heterocycles. The molecular formula is C24H33N7O3. The molecule has 7 N–H and O–H groups in total. The number of aliphatic imine (C=N–C) groups is 1. The number of anilines is 1. The fourth-order valence-electron chi connectivity index (χ4n) is 5.09. The number of hydrogen-bond acceptors (Lipinski definition) is 6. The zero-order valence-electron chi connectivity index (χ0n) is 19.5. The van der Waals surface area contributed by atoms with Crippen LogP contribution >= 0.6 is 0 Å². The minimum atomic E-state index is -0.884. The van der Waals surface area contributed by atoms with E-state index in [1.807, 2.05) is 25.1 Å². The van der Waals surface area contributed by atoms with Crippen molar-refractivity contribution in [3.05, 3.63) is 29.6 Å². The van der Waals surface area contributed by atoms with Gasteiger partial charge in [-0.25, -0.2) is 15.0 Å². The predicted molar refractivity (Wildman–Crippen MR) is 131 cm³/mol. The van der Waals surface area contributed by atoms with E-state index in [1.165, 1.54) is 0 Å². The normalized spacial score (nSPS) is 24.9. The van der Waals surface area contributed by atoms with Crippen molar-refractivity contribution in [1.82, 2.24) is 15.3 Å². The van der Waals surface area contributed by atoms with E-state index in [2.05, 4.69) is 25.6 Å². The molecule has 1 aromatic heterocycles. The molecule has 34 heavy (non-hydrogen) atoms. The Morgan fingerprint density at radius 1 is 1.03 bits per heavy atom. The highest BCUT2D eigenvalue weighted by Gasteiger charge is 2.33. The van der Waals surface area contributed by atoms with E-state index >= 15 is 0 Å². The topological polar surface area (TPSA) is 169 Å². The average Bonchev–Trinajstić information content (AvgIpc) is 2.80. The quantitative estimate of drug-likeness (QED) is 0.318. The number of aryl methyl sites for hydroxylation is 1. The van der Waals surface area contributed by atoms with Gasteiger partial charge in [-0.2, -0.15) is 0 Å². The maximum absolute atomic E-state index is 13.1. The molecule has 2 aliphatic rings. The fraction of sp³-hybridized carbons (Fsp3) is 0.542. The molecule has 0 spiro atoms. The van der Waals surface area contributed by atoms with Gasteiger partial charge in [-0.15, -0.1) is 0 Å². The summed E-state index contributed by atoms with van der Waals surface area (Å²) in [5, 5.41) is 16.7. The Hall–Kier alpha value is -3.43. The molecule has 4 rings (SSSR count). The Morgan fingerprint density at radius 3 is 2.47 bits per heavy atom. The maximum Gasteiger partial charge on any atom is 0.308 e. The standard InChI is InChI=1S/C24H33N7O3/c1-13-10-11-17-15(12-13)20(28-18-8-4-5-9-19(18)30-24(25)26)31-21(27-17)22(32)29-16-7-3-2-6-14(16)23(33)34/h10-12,14,16,18-19H,2-9H2,1H3,(H,29,32)(H,33,34)(H4,25,26,30)(H,27,28,31)/t14-,16-,18?,19?/m1/s1. The van der Waals surface area contributed by atoms with Gasteiger partial charge in [-0.3, -0.25) is 9.59 Å². The number of nitrogens with zero attached hydrogens (tertiary/aromatic N) is 3. The highest BCUT2D eigenvalue weighted by molar-refractivity contribution is 5.97. The number of benzene rings is 1. The second-order valence-corrected chi connectivity index (χ2v) is 9.38. The first-order valence-corrected chi connectivity index (χ1v) is 12.0. The third-order valence-electron chi connectivity index (χ3n) is 6.82. The number of amides is 1. The number of carboxylic acid groups (broad SMARTS) is 1. The Bertz CT molecular complexity index is 1100. The fourth-order valence-corrected chi connectivity index (χ4v) is 5.09. The van der Waals surface area contributed by atoms with E-state index in [4.69, 9.17) is 11.5 Å². The van der Waals surface area contributed by atoms with Crippen molar-refractivity contribution in [2.45, 2.75) is 76.4 Å². The van der Waals surface area contributed by atoms with Gasteiger partial charge in [0.15, 0.2) is 5.96 Å². The van der Waals surface area contributed by atoms with Crippen LogP contribution in [0.5, 0.6) is 0 Å². The van der Waals surface area contributed by atoms with E-state index in [-0.39, 0.29) is 23.9 Å². The maximum atomic E-state index is 13.1. The molecule has 2 unspecified atom stereocenters. The lowest BCUT2D eigenvalue weighted by atomic mass is 9.84. The van der Waals surface area contributed by atoms with Crippen LogP contribution in [0.3, 0.4) is 0 Å². The first-order chi connectivity index (χ1) is 16.3. The van der Waals surface area contributed by atoms with Gasteiger partial charge in [0, 0.05) is 11.4 Å². The molecular weight excluding hydrogens is 434 g/mol. The number of carbonyl (C=O) groups excluding carboxylic acids is 1. The summed E-state index contributed by atoms with van der Waals surface area (Å²) in [6.07, 6.45) is 6.74. The summed E-state index contributed by atoms with van der Waals surface area (Å²) >= 11 is 0. The van der Waals surface area contributed by atoms with Crippen LogP contribution in [-0.4, -0.2) is 51.0 Å². The summed E-state index contributed by atoms with van der Waals surface area (Å²) in [7, 11) is 0. The molecule has 1 heterocycles. The van der Waals surface area contributed by atoms with Crippen LogP contribution < -0.4 is 22.1 Å². The van der Waals surface area contributed by atoms with Crippen LogP contribution in [0.25, 0.3) is 10.9 Å². The van der Waals surface area contributed by atoms with Crippen molar-refractivity contribution in [3.63, 3.8) is 0 Å². The summed E-state index contributed by atoms with van der Waals surface area (Å²) in [5.74, 6) is -1.32.